The number of carbonyl (C=O) groups excluding carboxylic acids is 1. The number of nitrogens with two attached hydrogens (primary N) is 2. The molecule has 5 nitrogen and oxygen atoms in total. The van der Waals surface area contributed by atoms with E-state index in [2.05, 4.69) is 4.98 Å². The van der Waals surface area contributed by atoms with Gasteiger partial charge in [0.25, 0.3) is 5.91 Å². The minimum atomic E-state index is -0.737. The molecule has 1 aromatic carbocycles. The average molecular weight is 327 g/mol. The van der Waals surface area contributed by atoms with Crippen molar-refractivity contribution in [3.63, 3.8) is 0 Å². The van der Waals surface area contributed by atoms with E-state index >= 15 is 0 Å². The molecule has 2 aromatic heterocycles. The smallest absolute Gasteiger partial charge is 0.260 e. The first kappa shape index (κ1) is 15.5. The molecule has 0 saturated heterocycles. The summed E-state index contributed by atoms with van der Waals surface area (Å²) in [5.74, 6) is -0.577. The van der Waals surface area contributed by atoms with Crippen LogP contribution in [0.1, 0.15) is 32.6 Å². The molecule has 0 aliphatic rings. The van der Waals surface area contributed by atoms with Crippen LogP contribution in [0, 0.1) is 6.92 Å². The molecule has 6 heteroatoms. The predicted molar refractivity (Wildman–Crippen MR) is 92.4 cm³/mol. The lowest BCUT2D eigenvalue weighted by atomic mass is 9.98. The Hall–Kier alpha value is -2.44. The molecule has 1 amide bonds. The predicted octanol–water partition coefficient (Wildman–Crippen LogP) is 2.56. The molecule has 0 spiro atoms. The van der Waals surface area contributed by atoms with E-state index in [1.165, 1.54) is 0 Å². The summed E-state index contributed by atoms with van der Waals surface area (Å²) >= 11 is 1.16. The summed E-state index contributed by atoms with van der Waals surface area (Å²) in [5.41, 5.74) is 14.2. The molecule has 5 N–H and O–H groups in total. The highest BCUT2D eigenvalue weighted by Crippen LogP contribution is 2.38. The molecule has 3 rings (SSSR count). The van der Waals surface area contributed by atoms with Gasteiger partial charge in [0.1, 0.15) is 9.71 Å². The van der Waals surface area contributed by atoms with Crippen LogP contribution < -0.4 is 11.5 Å². The van der Waals surface area contributed by atoms with E-state index in [1.807, 2.05) is 43.3 Å². The van der Waals surface area contributed by atoms with Gasteiger partial charge in [-0.15, -0.1) is 11.3 Å². The van der Waals surface area contributed by atoms with Crippen LogP contribution in [0.2, 0.25) is 0 Å². The number of anilines is 1. The Kier molecular flexibility index (Phi) is 4.02. The van der Waals surface area contributed by atoms with Crippen molar-refractivity contribution < 1.29 is 9.90 Å². The van der Waals surface area contributed by atoms with Crippen LogP contribution in [0.5, 0.6) is 0 Å². The molecule has 0 aliphatic heterocycles. The molecule has 0 aliphatic carbocycles. The number of hydrogen-bond acceptors (Lipinski definition) is 5. The Bertz CT molecular complexity index is 874. The van der Waals surface area contributed by atoms with Gasteiger partial charge in [-0.25, -0.2) is 4.98 Å². The molecule has 0 saturated carbocycles. The average Bonchev–Trinajstić information content (AvgIpc) is 2.84. The SMILES string of the molecule is Cc1cc(C(O)Cc2ccccc2)c2c(N)c(C(N)=O)sc2n1. The number of pyridine rings is 1. The van der Waals surface area contributed by atoms with Gasteiger partial charge in [-0.3, -0.25) is 4.79 Å². The zero-order chi connectivity index (χ0) is 16.6. The van der Waals surface area contributed by atoms with Crippen molar-refractivity contribution in [2.24, 2.45) is 5.73 Å². The van der Waals surface area contributed by atoms with Gasteiger partial charge >= 0.3 is 0 Å². The van der Waals surface area contributed by atoms with E-state index in [1.54, 1.807) is 0 Å². The van der Waals surface area contributed by atoms with Gasteiger partial charge in [-0.05, 0) is 24.1 Å². The van der Waals surface area contributed by atoms with Gasteiger partial charge in [0.05, 0.1) is 11.8 Å². The number of rotatable bonds is 4. The largest absolute Gasteiger partial charge is 0.397 e. The Morgan fingerprint density at radius 2 is 2.04 bits per heavy atom. The third-order valence-electron chi connectivity index (χ3n) is 3.71. The fourth-order valence-electron chi connectivity index (χ4n) is 2.67. The fourth-order valence-corrected chi connectivity index (χ4v) is 3.70. The van der Waals surface area contributed by atoms with Crippen LogP contribution in [0.15, 0.2) is 36.4 Å². The van der Waals surface area contributed by atoms with Gasteiger partial charge in [0.15, 0.2) is 0 Å². The van der Waals surface area contributed by atoms with Crippen LogP contribution in [-0.2, 0) is 6.42 Å². The Balaban J connectivity index is 2.10. The molecule has 1 unspecified atom stereocenters. The van der Waals surface area contributed by atoms with Crippen molar-refractivity contribution in [2.75, 3.05) is 5.73 Å². The van der Waals surface area contributed by atoms with Gasteiger partial charge < -0.3 is 16.6 Å². The van der Waals surface area contributed by atoms with E-state index < -0.39 is 12.0 Å². The normalized spacial score (nSPS) is 12.4. The van der Waals surface area contributed by atoms with Crippen molar-refractivity contribution in [3.05, 3.63) is 58.1 Å². The van der Waals surface area contributed by atoms with E-state index in [9.17, 15) is 9.90 Å². The number of nitrogen functional groups attached to an aromatic ring is 1. The molecule has 0 fully saturated rings. The number of aliphatic hydroxyl groups excluding tert-OH is 1. The number of fused-ring (bicyclic) bond motifs is 1. The number of benzene rings is 1. The number of amides is 1. The first-order chi connectivity index (χ1) is 11.0. The number of thiophene rings is 1. The Labute approximate surface area is 137 Å². The van der Waals surface area contributed by atoms with Gasteiger partial charge in [-0.1, -0.05) is 30.3 Å². The van der Waals surface area contributed by atoms with Gasteiger partial charge in [0, 0.05) is 17.5 Å². The standard InChI is InChI=1S/C17H17N3O2S/c1-9-7-11(12(21)8-10-5-3-2-4-6-10)13-14(18)15(16(19)22)23-17(13)20-9/h2-7,12,21H,8,18H2,1H3,(H2,19,22). The lowest BCUT2D eigenvalue weighted by molar-refractivity contribution is 0.100. The lowest BCUT2D eigenvalue weighted by Gasteiger charge is -2.14. The maximum Gasteiger partial charge on any atom is 0.260 e. The maximum absolute atomic E-state index is 11.5. The first-order valence-electron chi connectivity index (χ1n) is 7.18. The number of hydrogen-bond donors (Lipinski definition) is 3. The Morgan fingerprint density at radius 3 is 2.70 bits per heavy atom. The molecule has 1 atom stereocenters. The number of primary amides is 1. The van der Waals surface area contributed by atoms with Crippen LogP contribution in [0.4, 0.5) is 5.69 Å². The highest BCUT2D eigenvalue weighted by molar-refractivity contribution is 7.21. The van der Waals surface area contributed by atoms with Crippen molar-refractivity contribution in [1.82, 2.24) is 4.98 Å². The van der Waals surface area contributed by atoms with Crippen LogP contribution >= 0.6 is 11.3 Å². The summed E-state index contributed by atoms with van der Waals surface area (Å²) in [7, 11) is 0. The topological polar surface area (TPSA) is 102 Å². The quantitative estimate of drug-likeness (QED) is 0.685. The number of aryl methyl sites for hydroxylation is 1. The molecule has 0 radical (unpaired) electrons. The summed E-state index contributed by atoms with van der Waals surface area (Å²) in [6.45, 7) is 1.85. The highest BCUT2D eigenvalue weighted by Gasteiger charge is 2.21. The monoisotopic (exact) mass is 327 g/mol. The minimum absolute atomic E-state index is 0.284. The zero-order valence-corrected chi connectivity index (χ0v) is 13.4. The van der Waals surface area contributed by atoms with Gasteiger partial charge in [-0.2, -0.15) is 0 Å². The first-order valence-corrected chi connectivity index (χ1v) is 8.00. The fraction of sp³-hybridized carbons (Fsp3) is 0.176. The van der Waals surface area contributed by atoms with Crippen molar-refractivity contribution in [3.8, 4) is 0 Å². The lowest BCUT2D eigenvalue weighted by Crippen LogP contribution is -2.11. The van der Waals surface area contributed by atoms with E-state index in [0.717, 1.165) is 22.6 Å². The van der Waals surface area contributed by atoms with Crippen molar-refractivity contribution in [2.45, 2.75) is 19.4 Å². The van der Waals surface area contributed by atoms with E-state index in [0.29, 0.717) is 27.9 Å². The molecule has 23 heavy (non-hydrogen) atoms. The Morgan fingerprint density at radius 1 is 1.35 bits per heavy atom. The third kappa shape index (κ3) is 2.91. The summed E-state index contributed by atoms with van der Waals surface area (Å²) in [6, 6.07) is 11.5. The number of aromatic nitrogens is 1. The second-order valence-electron chi connectivity index (χ2n) is 5.45. The molecule has 2 heterocycles. The van der Waals surface area contributed by atoms with E-state index in [-0.39, 0.29) is 4.88 Å². The molecule has 3 aromatic rings. The summed E-state index contributed by atoms with van der Waals surface area (Å²) in [5, 5.41) is 11.3. The second kappa shape index (κ2) is 5.98. The number of nitrogens with zero attached hydrogens (tertiary/aromatic N) is 1. The second-order valence-corrected chi connectivity index (χ2v) is 6.45. The van der Waals surface area contributed by atoms with Crippen LogP contribution in [0.3, 0.4) is 0 Å². The summed E-state index contributed by atoms with van der Waals surface area (Å²) < 4.78 is 0. The molecular weight excluding hydrogens is 310 g/mol. The molecule has 118 valence electrons. The molecular formula is C17H17N3O2S. The van der Waals surface area contributed by atoms with Gasteiger partial charge in [0.2, 0.25) is 0 Å². The van der Waals surface area contributed by atoms with E-state index in [4.69, 9.17) is 11.5 Å². The summed E-state index contributed by atoms with van der Waals surface area (Å²) in [6.07, 6.45) is -0.278. The zero-order valence-electron chi connectivity index (χ0n) is 12.6. The third-order valence-corrected chi connectivity index (χ3v) is 4.83. The minimum Gasteiger partial charge on any atom is -0.397 e. The van der Waals surface area contributed by atoms with Crippen LogP contribution in [0.25, 0.3) is 10.2 Å². The number of aliphatic hydroxyl groups is 1. The van der Waals surface area contributed by atoms with Crippen molar-refractivity contribution in [1.29, 1.82) is 0 Å². The van der Waals surface area contributed by atoms with Crippen molar-refractivity contribution >= 4 is 33.1 Å². The van der Waals surface area contributed by atoms with Crippen LogP contribution in [-0.4, -0.2) is 16.0 Å². The highest BCUT2D eigenvalue weighted by atomic mass is 32.1. The molecule has 0 bridgehead atoms. The maximum atomic E-state index is 11.5. The number of carbonyl (C=O) groups is 1. The summed E-state index contributed by atoms with van der Waals surface area (Å²) in [4.78, 5) is 16.8.